The number of hydrogen-bond donors (Lipinski definition) is 0. The second-order valence-electron chi connectivity index (χ2n) is 5.85. The number of esters is 1. The maximum Gasteiger partial charge on any atom is 0.410 e. The summed E-state index contributed by atoms with van der Waals surface area (Å²) in [7, 11) is 0. The molecule has 116 valence electrons. The van der Waals surface area contributed by atoms with Crippen molar-refractivity contribution in [3.8, 4) is 0 Å². The Hall–Kier alpha value is -1.27. The quantitative estimate of drug-likeness (QED) is 0.777. The summed E-state index contributed by atoms with van der Waals surface area (Å²) < 4.78 is 11.2. The number of carbonyl (C=O) groups excluding carboxylic acids is 2. The van der Waals surface area contributed by atoms with E-state index in [-0.39, 0.29) is 12.2 Å². The van der Waals surface area contributed by atoms with Crippen LogP contribution in [-0.2, 0) is 9.47 Å². The molecule has 0 aliphatic carbocycles. The van der Waals surface area contributed by atoms with E-state index in [1.807, 2.05) is 20.8 Å². The van der Waals surface area contributed by atoms with E-state index in [4.69, 9.17) is 21.1 Å². The molecule has 1 fully saturated rings. The molecule has 1 amide bonds. The van der Waals surface area contributed by atoms with E-state index in [0.717, 1.165) is 0 Å². The monoisotopic (exact) mass is 331 g/mol. The molecule has 1 atom stereocenters. The summed E-state index contributed by atoms with van der Waals surface area (Å²) in [4.78, 5) is 25.9. The molecule has 0 radical (unpaired) electrons. The van der Waals surface area contributed by atoms with Crippen LogP contribution in [0.25, 0.3) is 0 Å². The third kappa shape index (κ3) is 4.61. The van der Waals surface area contributed by atoms with Gasteiger partial charge in [0.25, 0.3) is 0 Å². The van der Waals surface area contributed by atoms with E-state index in [1.54, 1.807) is 17.0 Å². The molecule has 0 bridgehead atoms. The number of hydrogen-bond acceptors (Lipinski definition) is 5. The molecule has 0 N–H and O–H groups in total. The first-order chi connectivity index (χ1) is 9.74. The van der Waals surface area contributed by atoms with Crippen LogP contribution in [0.2, 0.25) is 4.34 Å². The van der Waals surface area contributed by atoms with E-state index in [0.29, 0.717) is 28.7 Å². The molecule has 21 heavy (non-hydrogen) atoms. The van der Waals surface area contributed by atoms with Crippen molar-refractivity contribution < 1.29 is 19.1 Å². The molecule has 1 aromatic heterocycles. The molecule has 0 unspecified atom stereocenters. The van der Waals surface area contributed by atoms with Gasteiger partial charge in [0.1, 0.15) is 16.6 Å². The Morgan fingerprint density at radius 3 is 2.67 bits per heavy atom. The van der Waals surface area contributed by atoms with Gasteiger partial charge >= 0.3 is 12.1 Å². The fourth-order valence-electron chi connectivity index (χ4n) is 1.95. The van der Waals surface area contributed by atoms with Gasteiger partial charge in [-0.15, -0.1) is 11.3 Å². The zero-order chi connectivity index (χ0) is 15.6. The fraction of sp³-hybridized carbons (Fsp3) is 0.571. The maximum absolute atomic E-state index is 11.9. The Morgan fingerprint density at radius 1 is 1.38 bits per heavy atom. The third-order valence-electron chi connectivity index (χ3n) is 2.84. The van der Waals surface area contributed by atoms with Crippen LogP contribution >= 0.6 is 22.9 Å². The third-order valence-corrected chi connectivity index (χ3v) is 4.06. The summed E-state index contributed by atoms with van der Waals surface area (Å²) in [5.41, 5.74) is -0.528. The predicted octanol–water partition coefficient (Wildman–Crippen LogP) is 3.57. The number of nitrogens with zero attached hydrogens (tertiary/aromatic N) is 1. The first kappa shape index (κ1) is 16.1. The highest BCUT2D eigenvalue weighted by Crippen LogP contribution is 2.24. The van der Waals surface area contributed by atoms with Crippen LogP contribution in [0.1, 0.15) is 36.9 Å². The van der Waals surface area contributed by atoms with Crippen molar-refractivity contribution in [1.82, 2.24) is 4.90 Å². The molecule has 5 nitrogen and oxygen atoms in total. The zero-order valence-electron chi connectivity index (χ0n) is 12.2. The minimum Gasteiger partial charge on any atom is -0.456 e. The minimum absolute atomic E-state index is 0.300. The number of ether oxygens (including phenoxy) is 2. The van der Waals surface area contributed by atoms with Crippen molar-refractivity contribution in [1.29, 1.82) is 0 Å². The summed E-state index contributed by atoms with van der Waals surface area (Å²) in [6.07, 6.45) is -0.0597. The second kappa shape index (κ2) is 6.23. The maximum atomic E-state index is 11.9. The zero-order valence-corrected chi connectivity index (χ0v) is 13.8. The fourth-order valence-corrected chi connectivity index (χ4v) is 2.88. The number of amides is 1. The van der Waals surface area contributed by atoms with E-state index < -0.39 is 11.6 Å². The van der Waals surface area contributed by atoms with Crippen molar-refractivity contribution in [3.63, 3.8) is 0 Å². The molecular weight excluding hydrogens is 314 g/mol. The van der Waals surface area contributed by atoms with Gasteiger partial charge in [-0.25, -0.2) is 9.59 Å². The molecule has 0 saturated carbocycles. The Balaban J connectivity index is 1.85. The Labute approximate surface area is 132 Å². The molecule has 1 aliphatic heterocycles. The van der Waals surface area contributed by atoms with Crippen molar-refractivity contribution in [2.45, 2.75) is 38.9 Å². The largest absolute Gasteiger partial charge is 0.456 e. The highest BCUT2D eigenvalue weighted by molar-refractivity contribution is 7.17. The molecule has 1 saturated heterocycles. The Kier molecular flexibility index (Phi) is 4.78. The molecule has 7 heteroatoms. The summed E-state index contributed by atoms with van der Waals surface area (Å²) in [6.45, 7) is 6.34. The van der Waals surface area contributed by atoms with Gasteiger partial charge in [-0.1, -0.05) is 11.6 Å². The summed E-state index contributed by atoms with van der Waals surface area (Å²) in [5.74, 6) is -0.400. The number of thiophene rings is 1. The lowest BCUT2D eigenvalue weighted by Crippen LogP contribution is -2.36. The van der Waals surface area contributed by atoms with Gasteiger partial charge in [0.15, 0.2) is 0 Å². The van der Waals surface area contributed by atoms with E-state index >= 15 is 0 Å². The molecular formula is C14H18ClNO4S. The topological polar surface area (TPSA) is 55.8 Å². The molecule has 0 aromatic carbocycles. The van der Waals surface area contributed by atoms with Crippen LogP contribution in [0, 0.1) is 0 Å². The average Bonchev–Trinajstić information content (AvgIpc) is 2.96. The lowest BCUT2D eigenvalue weighted by molar-refractivity contribution is 0.0193. The van der Waals surface area contributed by atoms with Crippen LogP contribution < -0.4 is 0 Å². The van der Waals surface area contributed by atoms with Gasteiger partial charge in [-0.3, -0.25) is 0 Å². The first-order valence-corrected chi connectivity index (χ1v) is 7.88. The number of rotatable bonds is 2. The first-order valence-electron chi connectivity index (χ1n) is 6.69. The predicted molar refractivity (Wildman–Crippen MR) is 81.0 cm³/mol. The smallest absolute Gasteiger partial charge is 0.410 e. The molecule has 1 aliphatic rings. The van der Waals surface area contributed by atoms with Gasteiger partial charge < -0.3 is 14.4 Å². The van der Waals surface area contributed by atoms with Crippen LogP contribution in [0.3, 0.4) is 0 Å². The van der Waals surface area contributed by atoms with E-state index in [9.17, 15) is 9.59 Å². The lowest BCUT2D eigenvalue weighted by Gasteiger charge is -2.24. The van der Waals surface area contributed by atoms with Crippen molar-refractivity contribution in [2.75, 3.05) is 13.1 Å². The van der Waals surface area contributed by atoms with Crippen LogP contribution in [0.4, 0.5) is 4.79 Å². The van der Waals surface area contributed by atoms with Gasteiger partial charge in [0.2, 0.25) is 0 Å². The molecule has 2 rings (SSSR count). The number of likely N-dealkylation sites (tertiary alicyclic amines) is 1. The highest BCUT2D eigenvalue weighted by Gasteiger charge is 2.32. The summed E-state index contributed by atoms with van der Waals surface area (Å²) in [6, 6.07) is 3.29. The van der Waals surface area contributed by atoms with E-state index in [1.165, 1.54) is 11.3 Å². The van der Waals surface area contributed by atoms with Gasteiger partial charge in [0, 0.05) is 13.0 Å². The van der Waals surface area contributed by atoms with Crippen LogP contribution in [0.15, 0.2) is 12.1 Å². The summed E-state index contributed by atoms with van der Waals surface area (Å²) in [5, 5.41) is 0. The van der Waals surface area contributed by atoms with Crippen molar-refractivity contribution in [3.05, 3.63) is 21.3 Å². The normalized spacial score (nSPS) is 18.7. The SMILES string of the molecule is CC(C)(C)OC(=O)N1CC[C@H](OC(=O)c2ccc(Cl)s2)C1. The van der Waals surface area contributed by atoms with Gasteiger partial charge in [-0.2, -0.15) is 0 Å². The second-order valence-corrected chi connectivity index (χ2v) is 7.56. The van der Waals surface area contributed by atoms with Gasteiger partial charge in [-0.05, 0) is 32.9 Å². The highest BCUT2D eigenvalue weighted by atomic mass is 35.5. The van der Waals surface area contributed by atoms with Crippen molar-refractivity contribution in [2.24, 2.45) is 0 Å². The van der Waals surface area contributed by atoms with Crippen LogP contribution in [0.5, 0.6) is 0 Å². The van der Waals surface area contributed by atoms with E-state index in [2.05, 4.69) is 0 Å². The minimum atomic E-state index is -0.528. The average molecular weight is 332 g/mol. The number of halogens is 1. The molecule has 0 spiro atoms. The standard InChI is InChI=1S/C14H18ClNO4S/c1-14(2,3)20-13(18)16-7-6-9(8-16)19-12(17)10-4-5-11(15)21-10/h4-5,9H,6-8H2,1-3H3/t9-/m0/s1. The van der Waals surface area contributed by atoms with Crippen molar-refractivity contribution >= 4 is 35.0 Å². The van der Waals surface area contributed by atoms with Gasteiger partial charge in [0.05, 0.1) is 10.9 Å². The Morgan fingerprint density at radius 2 is 2.10 bits per heavy atom. The molecule has 1 aromatic rings. The molecule has 2 heterocycles. The summed E-state index contributed by atoms with van der Waals surface area (Å²) >= 11 is 6.97. The lowest BCUT2D eigenvalue weighted by atomic mass is 10.2. The van der Waals surface area contributed by atoms with Crippen LogP contribution in [-0.4, -0.2) is 41.8 Å². The number of carbonyl (C=O) groups is 2. The Bertz CT molecular complexity index is 537.